The van der Waals surface area contributed by atoms with Crippen molar-refractivity contribution in [1.29, 1.82) is 0 Å². The monoisotopic (exact) mass is 472 g/mol. The van der Waals surface area contributed by atoms with Crippen molar-refractivity contribution in [3.63, 3.8) is 0 Å². The first kappa shape index (κ1) is 27.3. The maximum Gasteiger partial charge on any atom is 0.278 e. The van der Waals surface area contributed by atoms with Gasteiger partial charge in [0.15, 0.2) is 0 Å². The molecule has 2 N–H and O–H groups in total. The smallest absolute Gasteiger partial charge is 0.278 e. The number of pyridine rings is 1. The third-order valence-electron chi connectivity index (χ3n) is 5.88. The molecule has 2 heterocycles. The van der Waals surface area contributed by atoms with Crippen molar-refractivity contribution in [1.82, 2.24) is 9.47 Å². The van der Waals surface area contributed by atoms with Crippen LogP contribution in [0.15, 0.2) is 21.9 Å². The first-order valence-electron chi connectivity index (χ1n) is 12.7. The number of anilines is 1. The lowest BCUT2D eigenvalue weighted by atomic mass is 9.98. The molecule has 8 heteroatoms. The number of unbranched alkanes of at least 4 members (excludes halogenated alkanes) is 4. The highest BCUT2D eigenvalue weighted by molar-refractivity contribution is 6.53. The Hall–Kier alpha value is -2.90. The largest absolute Gasteiger partial charge is 0.494 e. The van der Waals surface area contributed by atoms with Gasteiger partial charge in [-0.15, -0.1) is 0 Å². The van der Waals surface area contributed by atoms with E-state index in [4.69, 9.17) is 0 Å². The van der Waals surface area contributed by atoms with Crippen LogP contribution in [0.4, 0.5) is 5.69 Å². The van der Waals surface area contributed by atoms with E-state index < -0.39 is 11.8 Å². The summed E-state index contributed by atoms with van der Waals surface area (Å²) in [6.07, 6.45) is 8.18. The predicted octanol–water partition coefficient (Wildman–Crippen LogP) is 4.36. The molecule has 188 valence electrons. The van der Waals surface area contributed by atoms with Crippen LogP contribution in [0.1, 0.15) is 84.6 Å². The molecule has 8 nitrogen and oxygen atoms in total. The Kier molecular flexibility index (Phi) is 11.0. The van der Waals surface area contributed by atoms with Crippen molar-refractivity contribution >= 4 is 28.8 Å². The van der Waals surface area contributed by atoms with E-state index in [0.29, 0.717) is 38.2 Å². The zero-order valence-electron chi connectivity index (χ0n) is 21.2. The third-order valence-corrected chi connectivity index (χ3v) is 5.88. The molecular weight excluding hydrogens is 432 g/mol. The quantitative estimate of drug-likeness (QED) is 0.309. The maximum atomic E-state index is 13.4. The number of carbonyl (C=O) groups excluding carboxylic acids is 2. The molecule has 1 aliphatic heterocycles. The Bertz CT molecular complexity index is 978. The van der Waals surface area contributed by atoms with E-state index in [-0.39, 0.29) is 34.8 Å². The van der Waals surface area contributed by atoms with Gasteiger partial charge < -0.3 is 10.4 Å². The molecule has 0 saturated heterocycles. The number of carbonyl (C=O) groups is 2. The summed E-state index contributed by atoms with van der Waals surface area (Å²) in [5, 5.41) is 14.3. The van der Waals surface area contributed by atoms with Gasteiger partial charge in [-0.05, 0) is 37.8 Å². The number of amides is 2. The molecule has 34 heavy (non-hydrogen) atoms. The first-order chi connectivity index (χ1) is 16.4. The van der Waals surface area contributed by atoms with E-state index in [0.717, 1.165) is 38.5 Å². The molecule has 0 saturated carbocycles. The van der Waals surface area contributed by atoms with Crippen LogP contribution in [-0.2, 0) is 16.1 Å². The van der Waals surface area contributed by atoms with Crippen LogP contribution in [-0.4, -0.2) is 51.7 Å². The minimum atomic E-state index is -0.469. The van der Waals surface area contributed by atoms with Crippen molar-refractivity contribution in [3.05, 3.63) is 28.1 Å². The van der Waals surface area contributed by atoms with Gasteiger partial charge in [-0.25, -0.2) is 0 Å². The van der Waals surface area contributed by atoms with Crippen LogP contribution in [0.5, 0.6) is 5.88 Å². The molecule has 2 amide bonds. The minimum Gasteiger partial charge on any atom is -0.494 e. The van der Waals surface area contributed by atoms with Crippen LogP contribution >= 0.6 is 0 Å². The summed E-state index contributed by atoms with van der Waals surface area (Å²) in [6.45, 7) is 9.85. The van der Waals surface area contributed by atoms with Gasteiger partial charge in [-0.1, -0.05) is 53.4 Å². The normalized spacial score (nSPS) is 15.2. The number of imide groups is 1. The SMILES string of the molecule is CCCCN=C1C=C(c2cc(NCCCC)c(=O)n(CCCC)c2O)C(=O)N(CCCC)C1=O. The van der Waals surface area contributed by atoms with Crippen LogP contribution in [0.3, 0.4) is 0 Å². The van der Waals surface area contributed by atoms with E-state index in [1.165, 1.54) is 21.6 Å². The van der Waals surface area contributed by atoms with Crippen molar-refractivity contribution in [2.24, 2.45) is 4.99 Å². The number of rotatable bonds is 14. The Labute approximate surface area is 202 Å². The van der Waals surface area contributed by atoms with Gasteiger partial charge in [-0.2, -0.15) is 0 Å². The zero-order valence-corrected chi connectivity index (χ0v) is 21.2. The maximum absolute atomic E-state index is 13.4. The molecule has 0 aromatic carbocycles. The van der Waals surface area contributed by atoms with Gasteiger partial charge in [-0.3, -0.25) is 28.8 Å². The molecular formula is C26H40N4O4. The Morgan fingerprint density at radius 2 is 1.53 bits per heavy atom. The Morgan fingerprint density at radius 1 is 0.882 bits per heavy atom. The number of aliphatic imine (C=N–C) groups is 1. The van der Waals surface area contributed by atoms with Gasteiger partial charge in [0.05, 0.1) is 5.57 Å². The number of nitrogens with one attached hydrogen (secondary N) is 1. The standard InChI is InChI=1S/C26H40N4O4/c1-5-9-13-27-21-17-19(23(31)29(25(21)33)15-11-7-3)20-18-22(28-14-10-6-2)26(34)30(24(20)32)16-12-8-4/h17-18,27,31H,5-16H2,1-4H3. The highest BCUT2D eigenvalue weighted by Gasteiger charge is 2.35. The average molecular weight is 473 g/mol. The Balaban J connectivity index is 2.65. The van der Waals surface area contributed by atoms with Crippen molar-refractivity contribution in [3.8, 4) is 5.88 Å². The van der Waals surface area contributed by atoms with Crippen molar-refractivity contribution in [2.45, 2.75) is 85.6 Å². The molecule has 0 aliphatic carbocycles. The molecule has 1 aromatic rings. The predicted molar refractivity (Wildman–Crippen MR) is 137 cm³/mol. The highest BCUT2D eigenvalue weighted by Crippen LogP contribution is 2.31. The van der Waals surface area contributed by atoms with Crippen LogP contribution in [0.25, 0.3) is 5.57 Å². The molecule has 0 fully saturated rings. The summed E-state index contributed by atoms with van der Waals surface area (Å²) < 4.78 is 1.32. The van der Waals surface area contributed by atoms with Crippen LogP contribution in [0, 0.1) is 0 Å². The number of aromatic hydroxyl groups is 1. The molecule has 0 radical (unpaired) electrons. The summed E-state index contributed by atoms with van der Waals surface area (Å²) in [6, 6.07) is 1.54. The Morgan fingerprint density at radius 3 is 2.18 bits per heavy atom. The van der Waals surface area contributed by atoms with Crippen molar-refractivity contribution in [2.75, 3.05) is 25.0 Å². The van der Waals surface area contributed by atoms with E-state index >= 15 is 0 Å². The van der Waals surface area contributed by atoms with Crippen LogP contribution < -0.4 is 10.9 Å². The van der Waals surface area contributed by atoms with E-state index in [2.05, 4.69) is 17.2 Å². The summed E-state index contributed by atoms with van der Waals surface area (Å²) in [5.41, 5.74) is 0.674. The van der Waals surface area contributed by atoms with E-state index in [9.17, 15) is 19.5 Å². The molecule has 0 unspecified atom stereocenters. The van der Waals surface area contributed by atoms with E-state index in [1.807, 2.05) is 20.8 Å². The van der Waals surface area contributed by atoms with Gasteiger partial charge >= 0.3 is 0 Å². The summed E-state index contributed by atoms with van der Waals surface area (Å²) in [5.74, 6) is -1.13. The zero-order chi connectivity index (χ0) is 25.1. The lowest BCUT2D eigenvalue weighted by Gasteiger charge is -2.27. The fourth-order valence-corrected chi connectivity index (χ4v) is 3.73. The second-order valence-electron chi connectivity index (χ2n) is 8.68. The summed E-state index contributed by atoms with van der Waals surface area (Å²) in [7, 11) is 0. The number of hydrogen-bond acceptors (Lipinski definition) is 6. The summed E-state index contributed by atoms with van der Waals surface area (Å²) >= 11 is 0. The second kappa shape index (κ2) is 13.7. The minimum absolute atomic E-state index is 0.187. The molecule has 0 bridgehead atoms. The third kappa shape index (κ3) is 6.58. The lowest BCUT2D eigenvalue weighted by molar-refractivity contribution is -0.137. The second-order valence-corrected chi connectivity index (χ2v) is 8.68. The van der Waals surface area contributed by atoms with Crippen LogP contribution in [0.2, 0.25) is 0 Å². The fraction of sp³-hybridized carbons (Fsp3) is 0.615. The topological polar surface area (TPSA) is 104 Å². The van der Waals surface area contributed by atoms with Gasteiger partial charge in [0.1, 0.15) is 11.4 Å². The average Bonchev–Trinajstić information content (AvgIpc) is 2.82. The van der Waals surface area contributed by atoms with Gasteiger partial charge in [0.2, 0.25) is 5.88 Å². The first-order valence-corrected chi connectivity index (χ1v) is 12.7. The number of aromatic nitrogens is 1. The molecule has 1 aliphatic rings. The molecule has 1 aromatic heterocycles. The molecule has 0 spiro atoms. The van der Waals surface area contributed by atoms with Gasteiger partial charge in [0.25, 0.3) is 17.4 Å². The molecule has 2 rings (SSSR count). The number of hydrogen-bond donors (Lipinski definition) is 2. The number of nitrogens with zero attached hydrogens (tertiary/aromatic N) is 3. The fourth-order valence-electron chi connectivity index (χ4n) is 3.73. The highest BCUT2D eigenvalue weighted by atomic mass is 16.3. The lowest BCUT2D eigenvalue weighted by Crippen LogP contribution is -2.45. The van der Waals surface area contributed by atoms with Crippen molar-refractivity contribution < 1.29 is 14.7 Å². The van der Waals surface area contributed by atoms with E-state index in [1.54, 1.807) is 0 Å². The molecule has 0 atom stereocenters. The van der Waals surface area contributed by atoms with Gasteiger partial charge in [0, 0.05) is 31.7 Å². The summed E-state index contributed by atoms with van der Waals surface area (Å²) in [4.78, 5) is 45.1.